The average molecular weight is 259 g/mol. The van der Waals surface area contributed by atoms with Crippen LogP contribution in [0.4, 0.5) is 5.69 Å². The topological polar surface area (TPSA) is 46.6 Å². The van der Waals surface area contributed by atoms with E-state index in [2.05, 4.69) is 6.58 Å². The van der Waals surface area contributed by atoms with Crippen molar-refractivity contribution < 1.29 is 14.3 Å². The molecule has 4 nitrogen and oxygen atoms in total. The Morgan fingerprint density at radius 1 is 1.42 bits per heavy atom. The van der Waals surface area contributed by atoms with Crippen molar-refractivity contribution in [3.05, 3.63) is 36.4 Å². The molecule has 1 aromatic carbocycles. The minimum atomic E-state index is -0.139. The summed E-state index contributed by atoms with van der Waals surface area (Å²) >= 11 is 0. The standard InChI is InChI=1S/C15H17NO3/c1-3-8-19-13-5-4-11(2)14(10-13)16-7-6-12(17)9-15(16)18/h3-5,10H,1,6-9H2,2H3. The molecule has 0 radical (unpaired) electrons. The Balaban J connectivity index is 2.25. The normalized spacial score (nSPS) is 15.5. The molecule has 0 N–H and O–H groups in total. The quantitative estimate of drug-likeness (QED) is 0.615. The summed E-state index contributed by atoms with van der Waals surface area (Å²) in [6.45, 7) is 6.41. The number of anilines is 1. The molecule has 0 bridgehead atoms. The van der Waals surface area contributed by atoms with Gasteiger partial charge in [0, 0.05) is 19.0 Å². The van der Waals surface area contributed by atoms with Gasteiger partial charge in [-0.3, -0.25) is 9.59 Å². The van der Waals surface area contributed by atoms with Crippen LogP contribution in [0.2, 0.25) is 0 Å². The van der Waals surface area contributed by atoms with Gasteiger partial charge < -0.3 is 9.64 Å². The maximum atomic E-state index is 11.9. The molecule has 1 heterocycles. The van der Waals surface area contributed by atoms with Crippen LogP contribution in [0.5, 0.6) is 5.75 Å². The first kappa shape index (κ1) is 13.3. The molecule has 1 fully saturated rings. The summed E-state index contributed by atoms with van der Waals surface area (Å²) < 4.78 is 5.48. The molecule has 19 heavy (non-hydrogen) atoms. The molecular weight excluding hydrogens is 242 g/mol. The molecule has 0 spiro atoms. The minimum Gasteiger partial charge on any atom is -0.489 e. The first-order valence-corrected chi connectivity index (χ1v) is 6.28. The average Bonchev–Trinajstić information content (AvgIpc) is 2.38. The Hall–Kier alpha value is -2.10. The fourth-order valence-electron chi connectivity index (χ4n) is 2.09. The van der Waals surface area contributed by atoms with Crippen molar-refractivity contribution in [2.24, 2.45) is 0 Å². The lowest BCUT2D eigenvalue weighted by Crippen LogP contribution is -2.39. The van der Waals surface area contributed by atoms with Crippen molar-refractivity contribution >= 4 is 17.4 Å². The van der Waals surface area contributed by atoms with Crippen LogP contribution >= 0.6 is 0 Å². The van der Waals surface area contributed by atoms with Crippen molar-refractivity contribution in [1.29, 1.82) is 0 Å². The van der Waals surface area contributed by atoms with Gasteiger partial charge in [-0.05, 0) is 18.6 Å². The Kier molecular flexibility index (Phi) is 4.00. The number of aryl methyl sites for hydroxylation is 1. The smallest absolute Gasteiger partial charge is 0.234 e. The molecule has 0 saturated carbocycles. The zero-order valence-corrected chi connectivity index (χ0v) is 11.0. The molecule has 1 aliphatic rings. The molecule has 100 valence electrons. The number of ether oxygens (including phenoxy) is 1. The number of carbonyl (C=O) groups is 2. The summed E-state index contributed by atoms with van der Waals surface area (Å²) in [7, 11) is 0. The lowest BCUT2D eigenvalue weighted by atomic mass is 10.1. The van der Waals surface area contributed by atoms with E-state index in [4.69, 9.17) is 4.74 Å². The molecule has 2 rings (SSSR count). The molecular formula is C15H17NO3. The maximum Gasteiger partial charge on any atom is 0.234 e. The summed E-state index contributed by atoms with van der Waals surface area (Å²) in [6, 6.07) is 5.62. The van der Waals surface area contributed by atoms with Gasteiger partial charge in [-0.2, -0.15) is 0 Å². The van der Waals surface area contributed by atoms with E-state index in [1.54, 1.807) is 11.0 Å². The fraction of sp³-hybridized carbons (Fsp3) is 0.333. The van der Waals surface area contributed by atoms with Gasteiger partial charge in [0.25, 0.3) is 0 Å². The van der Waals surface area contributed by atoms with Crippen LogP contribution < -0.4 is 9.64 Å². The van der Waals surface area contributed by atoms with Gasteiger partial charge in [-0.25, -0.2) is 0 Å². The number of benzene rings is 1. The third kappa shape index (κ3) is 3.02. The third-order valence-corrected chi connectivity index (χ3v) is 3.10. The monoisotopic (exact) mass is 259 g/mol. The third-order valence-electron chi connectivity index (χ3n) is 3.10. The van der Waals surface area contributed by atoms with Crippen molar-refractivity contribution in [3.63, 3.8) is 0 Å². The summed E-state index contributed by atoms with van der Waals surface area (Å²) in [5.41, 5.74) is 1.81. The number of piperidine rings is 1. The van der Waals surface area contributed by atoms with Crippen LogP contribution in [-0.2, 0) is 9.59 Å². The number of hydrogen-bond donors (Lipinski definition) is 0. The van der Waals surface area contributed by atoms with E-state index in [9.17, 15) is 9.59 Å². The molecule has 1 aromatic rings. The summed E-state index contributed by atoms with van der Waals surface area (Å²) in [5, 5.41) is 0. The first-order chi connectivity index (χ1) is 9.11. The molecule has 0 unspecified atom stereocenters. The SMILES string of the molecule is C=CCOc1ccc(C)c(N2CCC(=O)CC2=O)c1. The molecule has 0 aliphatic carbocycles. The van der Waals surface area contributed by atoms with Gasteiger partial charge in [0.1, 0.15) is 18.1 Å². The van der Waals surface area contributed by atoms with Crippen LogP contribution in [0, 0.1) is 6.92 Å². The molecule has 1 amide bonds. The lowest BCUT2D eigenvalue weighted by Gasteiger charge is -2.27. The number of ketones is 1. The Morgan fingerprint density at radius 3 is 2.89 bits per heavy atom. The highest BCUT2D eigenvalue weighted by Gasteiger charge is 2.26. The van der Waals surface area contributed by atoms with E-state index < -0.39 is 0 Å². The number of rotatable bonds is 4. The van der Waals surface area contributed by atoms with Gasteiger partial charge in [0.2, 0.25) is 5.91 Å². The highest BCUT2D eigenvalue weighted by atomic mass is 16.5. The second kappa shape index (κ2) is 5.69. The predicted molar refractivity (Wildman–Crippen MR) is 73.5 cm³/mol. The van der Waals surface area contributed by atoms with E-state index in [1.807, 2.05) is 25.1 Å². The van der Waals surface area contributed by atoms with E-state index >= 15 is 0 Å². The van der Waals surface area contributed by atoms with Crippen molar-refractivity contribution in [2.75, 3.05) is 18.1 Å². The second-order valence-corrected chi connectivity index (χ2v) is 4.56. The second-order valence-electron chi connectivity index (χ2n) is 4.56. The van der Waals surface area contributed by atoms with E-state index in [0.717, 1.165) is 11.3 Å². The molecule has 0 aromatic heterocycles. The summed E-state index contributed by atoms with van der Waals surface area (Å²) in [5.74, 6) is 0.573. The highest BCUT2D eigenvalue weighted by molar-refractivity contribution is 6.08. The lowest BCUT2D eigenvalue weighted by molar-refractivity contribution is -0.128. The van der Waals surface area contributed by atoms with Crippen LogP contribution in [0.25, 0.3) is 0 Å². The molecule has 4 heteroatoms. The highest BCUT2D eigenvalue weighted by Crippen LogP contribution is 2.28. The summed E-state index contributed by atoms with van der Waals surface area (Å²) in [4.78, 5) is 24.9. The van der Waals surface area contributed by atoms with E-state index in [-0.39, 0.29) is 18.1 Å². The van der Waals surface area contributed by atoms with Crippen LogP contribution in [0.3, 0.4) is 0 Å². The van der Waals surface area contributed by atoms with E-state index in [0.29, 0.717) is 25.3 Å². The number of carbonyl (C=O) groups excluding carboxylic acids is 2. The zero-order valence-electron chi connectivity index (χ0n) is 11.0. The van der Waals surface area contributed by atoms with Gasteiger partial charge in [0.15, 0.2) is 0 Å². The number of Topliss-reactive ketones (excluding diaryl/α,β-unsaturated/α-hetero) is 1. The zero-order chi connectivity index (χ0) is 13.8. The van der Waals surface area contributed by atoms with Gasteiger partial charge in [0.05, 0.1) is 12.1 Å². The number of hydrogen-bond acceptors (Lipinski definition) is 3. The Morgan fingerprint density at radius 2 is 2.21 bits per heavy atom. The van der Waals surface area contributed by atoms with Crippen molar-refractivity contribution in [2.45, 2.75) is 19.8 Å². The number of amides is 1. The fourth-order valence-corrected chi connectivity index (χ4v) is 2.09. The van der Waals surface area contributed by atoms with Crippen LogP contribution in [-0.4, -0.2) is 24.8 Å². The van der Waals surface area contributed by atoms with Gasteiger partial charge in [-0.15, -0.1) is 0 Å². The minimum absolute atomic E-state index is 0.00280. The Labute approximate surface area is 112 Å². The molecule has 0 atom stereocenters. The molecule has 1 saturated heterocycles. The van der Waals surface area contributed by atoms with E-state index in [1.165, 1.54) is 0 Å². The van der Waals surface area contributed by atoms with Gasteiger partial charge in [-0.1, -0.05) is 18.7 Å². The predicted octanol–water partition coefficient (Wildman–Crippen LogP) is 2.26. The van der Waals surface area contributed by atoms with Crippen LogP contribution in [0.15, 0.2) is 30.9 Å². The van der Waals surface area contributed by atoms with Crippen molar-refractivity contribution in [1.82, 2.24) is 0 Å². The number of nitrogens with zero attached hydrogens (tertiary/aromatic N) is 1. The first-order valence-electron chi connectivity index (χ1n) is 6.28. The molecule has 1 aliphatic heterocycles. The summed E-state index contributed by atoms with van der Waals surface area (Å²) in [6.07, 6.45) is 2.09. The Bertz CT molecular complexity index is 522. The largest absolute Gasteiger partial charge is 0.489 e. The van der Waals surface area contributed by atoms with Gasteiger partial charge >= 0.3 is 0 Å². The van der Waals surface area contributed by atoms with Crippen LogP contribution in [0.1, 0.15) is 18.4 Å². The van der Waals surface area contributed by atoms with Crippen molar-refractivity contribution in [3.8, 4) is 5.75 Å². The maximum absolute atomic E-state index is 11.9.